The molecule has 0 bridgehead atoms. The molecule has 376 valence electrons. The van der Waals surface area contributed by atoms with Crippen molar-refractivity contribution in [1.82, 2.24) is 19.4 Å². The third-order valence-corrected chi connectivity index (χ3v) is 11.5. The van der Waals surface area contributed by atoms with Crippen LogP contribution < -0.4 is 15.8 Å². The van der Waals surface area contributed by atoms with Crippen LogP contribution in [0.2, 0.25) is 0 Å². The van der Waals surface area contributed by atoms with Gasteiger partial charge in [-0.15, -0.1) is 4.90 Å². The van der Waals surface area contributed by atoms with Crippen molar-refractivity contribution in [1.29, 1.82) is 0 Å². The van der Waals surface area contributed by atoms with Gasteiger partial charge in [0.05, 0.1) is 25.4 Å². The Bertz CT molecular complexity index is 2380. The summed E-state index contributed by atoms with van der Waals surface area (Å²) in [6.45, 7) is 20.3. The van der Waals surface area contributed by atoms with Crippen LogP contribution in [-0.4, -0.2) is 109 Å². The number of nitrogens with one attached hydrogen (secondary N) is 1. The molecule has 1 fully saturated rings. The summed E-state index contributed by atoms with van der Waals surface area (Å²) in [5.41, 5.74) is 4.05. The molecule has 23 nitrogen and oxygen atoms in total. The summed E-state index contributed by atoms with van der Waals surface area (Å²) in [5, 5.41) is 3.58. The minimum Gasteiger partial charge on any atom is -0.443 e. The highest BCUT2D eigenvalue weighted by Gasteiger charge is 2.45. The van der Waals surface area contributed by atoms with Crippen LogP contribution in [0.5, 0.6) is 5.75 Å². The number of benzene rings is 1. The fourth-order valence-corrected chi connectivity index (χ4v) is 8.02. The summed E-state index contributed by atoms with van der Waals surface area (Å²) >= 11 is 0.928. The average molecular weight is 996 g/mol. The van der Waals surface area contributed by atoms with E-state index < -0.39 is 109 Å². The molecule has 1 aliphatic heterocycles. The second-order valence-electron chi connectivity index (χ2n) is 19.5. The van der Waals surface area contributed by atoms with E-state index in [1.165, 1.54) is 99.7 Å². The summed E-state index contributed by atoms with van der Waals surface area (Å²) in [5.74, 6) is -2.46. The number of hydrogen-bond acceptors (Lipinski definition) is 18. The molecule has 0 spiro atoms. The smallest absolute Gasteiger partial charge is 0.443 e. The van der Waals surface area contributed by atoms with Crippen molar-refractivity contribution in [3.63, 3.8) is 0 Å². The first kappa shape index (κ1) is 56.8. The second kappa shape index (κ2) is 22.7. The molecular formula is C43H62N7O16PS. The number of thioether (sulfide) groups is 1. The van der Waals surface area contributed by atoms with Gasteiger partial charge in [0.25, 0.3) is 11.5 Å². The number of imide groups is 4. The number of amides is 5. The SMILES string of the molecule is CC(=O)N(C(=O)OC(C)(C)C)[C@@H](Cc1ccc(OP(=O)(OCCSC(=O)C(C)(C)C)OC[C@H]2O[C@@H](n3cc(C)c(=O)[nH]c3=O)CC2N=[N+]=[N-])cc1)C(=O)N(C(=O)OC(C)(C)C)C(=O)OC(C)(C)C. The lowest BCUT2D eigenvalue weighted by Gasteiger charge is -2.34. The zero-order chi connectivity index (χ0) is 51.7. The fourth-order valence-electron chi connectivity index (χ4n) is 5.91. The third-order valence-electron chi connectivity index (χ3n) is 8.90. The van der Waals surface area contributed by atoms with Crippen molar-refractivity contribution < 1.29 is 65.9 Å². The van der Waals surface area contributed by atoms with Crippen LogP contribution in [0.25, 0.3) is 10.4 Å². The van der Waals surface area contributed by atoms with Crippen LogP contribution >= 0.6 is 19.6 Å². The number of nitrogens with zero attached hydrogens (tertiary/aromatic N) is 6. The minimum absolute atomic E-state index is 0.0334. The number of carbonyl (C=O) groups excluding carboxylic acids is 6. The molecule has 1 aliphatic rings. The zero-order valence-corrected chi connectivity index (χ0v) is 42.5. The number of carbonyl (C=O) groups is 6. The molecule has 0 radical (unpaired) electrons. The average Bonchev–Trinajstić information content (AvgIpc) is 3.57. The maximum absolute atomic E-state index is 14.5. The topological polar surface area (TPSA) is 294 Å². The van der Waals surface area contributed by atoms with Gasteiger partial charge in [-0.05, 0) is 92.5 Å². The van der Waals surface area contributed by atoms with Crippen molar-refractivity contribution in [2.75, 3.05) is 19.0 Å². The molecule has 1 aromatic heterocycles. The van der Waals surface area contributed by atoms with E-state index >= 15 is 0 Å². The highest BCUT2D eigenvalue weighted by atomic mass is 32.2. The maximum atomic E-state index is 14.5. The van der Waals surface area contributed by atoms with Crippen molar-refractivity contribution in [3.05, 3.63) is 72.9 Å². The van der Waals surface area contributed by atoms with Gasteiger partial charge in [-0.1, -0.05) is 49.8 Å². The molecule has 25 heteroatoms. The Morgan fingerprint density at radius 1 is 0.897 bits per heavy atom. The Kier molecular flexibility index (Phi) is 19.0. The van der Waals surface area contributed by atoms with Crippen molar-refractivity contribution >= 4 is 54.8 Å². The molecular weight excluding hydrogens is 934 g/mol. The molecule has 1 N–H and O–H groups in total. The number of H-pyrrole nitrogens is 1. The predicted molar refractivity (Wildman–Crippen MR) is 247 cm³/mol. The lowest BCUT2D eigenvalue weighted by atomic mass is 10.00. The first-order valence-electron chi connectivity index (χ1n) is 21.3. The molecule has 5 amide bonds. The van der Waals surface area contributed by atoms with Crippen LogP contribution in [0.1, 0.15) is 114 Å². The Hall–Kier alpha value is -5.51. The minimum atomic E-state index is -4.68. The van der Waals surface area contributed by atoms with Gasteiger partial charge in [-0.3, -0.25) is 37.8 Å². The van der Waals surface area contributed by atoms with Crippen molar-refractivity contribution in [2.24, 2.45) is 10.5 Å². The normalized spacial score (nSPS) is 17.7. The number of azide groups is 1. The highest BCUT2D eigenvalue weighted by Crippen LogP contribution is 2.50. The number of ether oxygens (including phenoxy) is 4. The summed E-state index contributed by atoms with van der Waals surface area (Å²) in [7, 11) is -4.68. The van der Waals surface area contributed by atoms with Crippen LogP contribution in [0, 0.1) is 12.3 Å². The van der Waals surface area contributed by atoms with Gasteiger partial charge in [-0.2, -0.15) is 0 Å². The van der Waals surface area contributed by atoms with Crippen LogP contribution in [0.15, 0.2) is 45.2 Å². The van der Waals surface area contributed by atoms with E-state index in [1.54, 1.807) is 20.8 Å². The maximum Gasteiger partial charge on any atom is 0.530 e. The van der Waals surface area contributed by atoms with E-state index in [-0.39, 0.29) is 45.7 Å². The van der Waals surface area contributed by atoms with Crippen LogP contribution in [0.3, 0.4) is 0 Å². The Labute approximate surface area is 398 Å². The van der Waals surface area contributed by atoms with Crippen molar-refractivity contribution in [3.8, 4) is 5.75 Å². The summed E-state index contributed by atoms with van der Waals surface area (Å²) in [4.78, 5) is 111. The summed E-state index contributed by atoms with van der Waals surface area (Å²) < 4.78 is 54.9. The van der Waals surface area contributed by atoms with E-state index in [2.05, 4.69) is 15.0 Å². The van der Waals surface area contributed by atoms with Crippen LogP contribution in [-0.2, 0) is 53.4 Å². The highest BCUT2D eigenvalue weighted by molar-refractivity contribution is 8.13. The van der Waals surface area contributed by atoms with E-state index in [0.717, 1.165) is 23.3 Å². The van der Waals surface area contributed by atoms with Crippen molar-refractivity contribution in [2.45, 2.75) is 151 Å². The van der Waals surface area contributed by atoms with E-state index in [4.69, 9.17) is 32.5 Å². The van der Waals surface area contributed by atoms with E-state index in [1.807, 2.05) is 0 Å². The molecule has 2 aromatic rings. The Morgan fingerprint density at radius 2 is 1.44 bits per heavy atom. The lowest BCUT2D eigenvalue weighted by molar-refractivity contribution is -0.143. The number of rotatable bonds is 15. The van der Waals surface area contributed by atoms with Gasteiger partial charge in [0.2, 0.25) is 5.91 Å². The molecule has 2 unspecified atom stereocenters. The summed E-state index contributed by atoms with van der Waals surface area (Å²) in [6.07, 6.45) is -5.57. The standard InChI is InChI=1S/C43H62N7O16PS/c1-25-23-48(36(55)45-33(25)52)32-22-29(46-47-44)31(62-32)24-61-67(59,60-19-20-68-35(54)40(3,4)5)66-28-17-15-27(16-18-28)21-30(49(26(2)51)37(56)63-41(6,7)8)34(53)50(38(57)64-42(9,10)11)39(58)65-43(12,13)14/h15-18,23,29-32H,19-22,24H2,1-14H3,(H,45,52,55)/t29?,30-,31+,32+,67?/m0/s1. The van der Waals surface area contributed by atoms with Gasteiger partial charge in [0.15, 0.2) is 5.12 Å². The second-order valence-corrected chi connectivity index (χ2v) is 22.2. The molecule has 3 rings (SSSR count). The largest absolute Gasteiger partial charge is 0.530 e. The molecule has 68 heavy (non-hydrogen) atoms. The van der Waals surface area contributed by atoms with Gasteiger partial charge >= 0.3 is 31.8 Å². The van der Waals surface area contributed by atoms with E-state index in [9.17, 15) is 48.5 Å². The number of phosphoric ester groups is 1. The molecule has 5 atom stereocenters. The Morgan fingerprint density at radius 3 is 1.94 bits per heavy atom. The fraction of sp³-hybridized carbons (Fsp3) is 0.628. The quantitative estimate of drug-likeness (QED) is 0.0445. The summed E-state index contributed by atoms with van der Waals surface area (Å²) in [6, 6.07) is 2.43. The van der Waals surface area contributed by atoms with Gasteiger partial charge < -0.3 is 23.5 Å². The number of aryl methyl sites for hydroxylation is 1. The molecule has 0 saturated carbocycles. The zero-order valence-electron chi connectivity index (χ0n) is 40.8. The molecule has 0 aliphatic carbocycles. The van der Waals surface area contributed by atoms with Crippen LogP contribution in [0.4, 0.5) is 14.4 Å². The third kappa shape index (κ3) is 17.2. The first-order valence-corrected chi connectivity index (χ1v) is 23.8. The molecule has 2 heterocycles. The Balaban J connectivity index is 2.03. The lowest BCUT2D eigenvalue weighted by Crippen LogP contribution is -2.58. The van der Waals surface area contributed by atoms with E-state index in [0.29, 0.717) is 4.90 Å². The number of phosphoric acid groups is 1. The molecule has 1 saturated heterocycles. The predicted octanol–water partition coefficient (Wildman–Crippen LogP) is 7.73. The first-order chi connectivity index (χ1) is 31.1. The van der Waals surface area contributed by atoms with Gasteiger partial charge in [0.1, 0.15) is 34.8 Å². The number of hydrogen-bond donors (Lipinski definition) is 1. The molecule has 1 aromatic carbocycles. The monoisotopic (exact) mass is 995 g/mol. The van der Waals surface area contributed by atoms with Gasteiger partial charge in [0, 0.05) is 47.6 Å². The van der Waals surface area contributed by atoms with Gasteiger partial charge in [-0.25, -0.2) is 28.6 Å². The number of aromatic amines is 1. The number of aromatic nitrogens is 2.